The van der Waals surface area contributed by atoms with E-state index in [1.165, 1.54) is 0 Å². The normalized spacial score (nSPS) is 16.2. The van der Waals surface area contributed by atoms with Crippen molar-refractivity contribution in [3.63, 3.8) is 0 Å². The van der Waals surface area contributed by atoms with Crippen LogP contribution in [0.5, 0.6) is 0 Å². The van der Waals surface area contributed by atoms with Crippen molar-refractivity contribution in [2.45, 2.75) is 51.9 Å². The molecule has 0 amide bonds. The average Bonchev–Trinajstić information content (AvgIpc) is 1.57. The molecule has 0 heterocycles. The van der Waals surface area contributed by atoms with Crippen molar-refractivity contribution in [3.8, 4) is 0 Å². The number of hydrogen-bond acceptors (Lipinski definition) is 0. The van der Waals surface area contributed by atoms with Crippen molar-refractivity contribution in [3.05, 3.63) is 0 Å². The molecule has 0 radical (unpaired) electrons. The molecule has 0 spiro atoms. The SMILES string of the molecule is CC(C)(C)[P-]PC(C)(C)C. The van der Waals surface area contributed by atoms with Crippen LogP contribution in [0.2, 0.25) is 0 Å². The number of hydrogen-bond donors (Lipinski definition) is 0. The summed E-state index contributed by atoms with van der Waals surface area (Å²) >= 11 is 0. The summed E-state index contributed by atoms with van der Waals surface area (Å²) in [5.74, 6) is 0. The molecule has 0 nitrogen and oxygen atoms in total. The molecule has 0 aromatic carbocycles. The average molecular weight is 177 g/mol. The zero-order valence-corrected chi connectivity index (χ0v) is 9.84. The van der Waals surface area contributed by atoms with E-state index < -0.39 is 0 Å². The fraction of sp³-hybridized carbons (Fsp3) is 1.00. The van der Waals surface area contributed by atoms with Gasteiger partial charge in [0, 0.05) is 0 Å². The quantitative estimate of drug-likeness (QED) is 0.528. The van der Waals surface area contributed by atoms with Gasteiger partial charge in [-0.1, -0.05) is 41.5 Å². The maximum Gasteiger partial charge on any atom is -0.0478 e. The van der Waals surface area contributed by atoms with Gasteiger partial charge in [-0.25, -0.2) is 0 Å². The molecule has 0 aliphatic heterocycles. The summed E-state index contributed by atoms with van der Waals surface area (Å²) in [6, 6.07) is 0. The Balaban J connectivity index is 3.56. The van der Waals surface area contributed by atoms with E-state index in [1.54, 1.807) is 8.27 Å². The highest BCUT2D eigenvalue weighted by Crippen LogP contribution is 2.54. The first-order chi connectivity index (χ1) is 4.21. The first kappa shape index (κ1) is 10.9. The molecule has 1 unspecified atom stereocenters. The predicted molar refractivity (Wildman–Crippen MR) is 54.7 cm³/mol. The van der Waals surface area contributed by atoms with Crippen molar-refractivity contribution in [2.24, 2.45) is 0 Å². The molecule has 0 bridgehead atoms. The van der Waals surface area contributed by atoms with Gasteiger partial charge in [-0.05, 0) is 5.16 Å². The van der Waals surface area contributed by atoms with Gasteiger partial charge in [0.1, 0.15) is 0 Å². The third-order valence-electron chi connectivity index (χ3n) is 0.727. The molecular formula is C8H19P2-. The molecule has 0 fully saturated rings. The minimum atomic E-state index is 0.492. The molecule has 0 aromatic rings. The van der Waals surface area contributed by atoms with E-state index in [1.807, 2.05) is 0 Å². The Bertz CT molecular complexity index is 80.8. The molecule has 0 aliphatic rings. The van der Waals surface area contributed by atoms with E-state index in [4.69, 9.17) is 0 Å². The van der Waals surface area contributed by atoms with Crippen LogP contribution in [0.4, 0.5) is 0 Å². The standard InChI is InChI=1S/C8H19P2/c1-7(2,3)9-10-8(4,5)6/h9H,1-6H3/q-1. The molecule has 1 atom stereocenters. The van der Waals surface area contributed by atoms with Crippen LogP contribution < -0.4 is 0 Å². The Kier molecular flexibility index (Phi) is 3.81. The van der Waals surface area contributed by atoms with E-state index in [2.05, 4.69) is 41.5 Å². The molecule has 62 valence electrons. The van der Waals surface area contributed by atoms with E-state index in [0.29, 0.717) is 10.3 Å². The Morgan fingerprint density at radius 3 is 1.40 bits per heavy atom. The molecule has 0 saturated heterocycles. The van der Waals surface area contributed by atoms with E-state index in [0.717, 1.165) is 8.27 Å². The van der Waals surface area contributed by atoms with Crippen LogP contribution in [0.25, 0.3) is 0 Å². The van der Waals surface area contributed by atoms with E-state index in [9.17, 15) is 0 Å². The summed E-state index contributed by atoms with van der Waals surface area (Å²) in [5, 5.41) is 1.01. The first-order valence-electron chi connectivity index (χ1n) is 3.70. The van der Waals surface area contributed by atoms with Crippen molar-refractivity contribution < 1.29 is 0 Å². The minimum absolute atomic E-state index is 0.492. The Morgan fingerprint density at radius 1 is 0.900 bits per heavy atom. The Morgan fingerprint density at radius 2 is 1.30 bits per heavy atom. The van der Waals surface area contributed by atoms with Crippen LogP contribution in [0.15, 0.2) is 0 Å². The van der Waals surface area contributed by atoms with Gasteiger partial charge < -0.3 is 8.27 Å². The second-order valence-electron chi connectivity index (χ2n) is 4.64. The lowest BCUT2D eigenvalue weighted by atomic mass is 10.3. The van der Waals surface area contributed by atoms with Crippen LogP contribution in [-0.2, 0) is 0 Å². The predicted octanol–water partition coefficient (Wildman–Crippen LogP) is 4.12. The van der Waals surface area contributed by atoms with E-state index in [-0.39, 0.29) is 0 Å². The van der Waals surface area contributed by atoms with Gasteiger partial charge in [-0.3, -0.25) is 8.27 Å². The zero-order valence-electron chi connectivity index (χ0n) is 7.95. The molecule has 10 heavy (non-hydrogen) atoms. The monoisotopic (exact) mass is 177 g/mol. The van der Waals surface area contributed by atoms with Crippen LogP contribution >= 0.6 is 16.5 Å². The number of rotatable bonds is 1. The summed E-state index contributed by atoms with van der Waals surface area (Å²) in [4.78, 5) is 0. The third kappa shape index (κ3) is 8.86. The first-order valence-corrected chi connectivity index (χ1v) is 6.43. The second-order valence-corrected chi connectivity index (χ2v) is 9.27. The maximum absolute atomic E-state index is 2.31. The van der Waals surface area contributed by atoms with E-state index >= 15 is 0 Å². The largest absolute Gasteiger partial charge is 0.504 e. The van der Waals surface area contributed by atoms with Gasteiger partial charge >= 0.3 is 0 Å². The fourth-order valence-corrected chi connectivity index (χ4v) is 3.02. The lowest BCUT2D eigenvalue weighted by Gasteiger charge is -2.40. The second kappa shape index (κ2) is 3.51. The van der Waals surface area contributed by atoms with Crippen molar-refractivity contribution in [2.75, 3.05) is 0 Å². The molecule has 0 rings (SSSR count). The highest BCUT2D eigenvalue weighted by Gasteiger charge is 2.04. The lowest BCUT2D eigenvalue weighted by molar-refractivity contribution is 0.788. The topological polar surface area (TPSA) is 0 Å². The van der Waals surface area contributed by atoms with Crippen molar-refractivity contribution >= 4 is 16.5 Å². The Hall–Kier alpha value is 0.860. The van der Waals surface area contributed by atoms with Gasteiger partial charge in [-0.2, -0.15) is 5.16 Å². The van der Waals surface area contributed by atoms with Crippen molar-refractivity contribution in [1.82, 2.24) is 0 Å². The highest BCUT2D eigenvalue weighted by atomic mass is 32.0. The van der Waals surface area contributed by atoms with Gasteiger partial charge in [0.05, 0.1) is 0 Å². The summed E-state index contributed by atoms with van der Waals surface area (Å²) in [6.45, 7) is 13.8. The molecule has 0 saturated carbocycles. The zero-order chi connectivity index (χ0) is 8.41. The maximum atomic E-state index is 2.31. The Labute approximate surface area is 69.0 Å². The van der Waals surface area contributed by atoms with Gasteiger partial charge in [0.2, 0.25) is 0 Å². The van der Waals surface area contributed by atoms with Gasteiger partial charge in [0.25, 0.3) is 0 Å². The summed E-state index contributed by atoms with van der Waals surface area (Å²) < 4.78 is 0. The molecular weight excluding hydrogens is 158 g/mol. The smallest absolute Gasteiger partial charge is 0.0478 e. The van der Waals surface area contributed by atoms with Crippen molar-refractivity contribution in [1.29, 1.82) is 0 Å². The molecule has 0 aliphatic carbocycles. The van der Waals surface area contributed by atoms with Gasteiger partial charge in [-0.15, -0.1) is 0 Å². The van der Waals surface area contributed by atoms with Crippen LogP contribution in [0.3, 0.4) is 0 Å². The lowest BCUT2D eigenvalue weighted by Crippen LogP contribution is -2.07. The highest BCUT2D eigenvalue weighted by molar-refractivity contribution is 8.13. The van der Waals surface area contributed by atoms with Crippen LogP contribution in [0, 0.1) is 0 Å². The van der Waals surface area contributed by atoms with Crippen LogP contribution in [-0.4, -0.2) is 10.3 Å². The minimum Gasteiger partial charge on any atom is -0.504 e. The summed E-state index contributed by atoms with van der Waals surface area (Å²) in [5.41, 5.74) is 0. The molecule has 0 N–H and O–H groups in total. The van der Waals surface area contributed by atoms with Crippen LogP contribution in [0.1, 0.15) is 41.5 Å². The molecule has 0 aromatic heterocycles. The van der Waals surface area contributed by atoms with Gasteiger partial charge in [0.15, 0.2) is 0 Å². The summed E-state index contributed by atoms with van der Waals surface area (Å²) in [7, 11) is 2.66. The summed E-state index contributed by atoms with van der Waals surface area (Å²) in [6.07, 6.45) is 0. The third-order valence-corrected chi connectivity index (χ3v) is 6.54. The molecule has 2 heteroatoms. The fourth-order valence-electron chi connectivity index (χ4n) is 0.335.